The monoisotopic (exact) mass is 368 g/mol. The zero-order chi connectivity index (χ0) is 16.8. The molecule has 0 saturated carbocycles. The van der Waals surface area contributed by atoms with E-state index in [2.05, 4.69) is 97.5 Å². The van der Waals surface area contributed by atoms with Crippen LogP contribution in [0.25, 0.3) is 0 Å². The van der Waals surface area contributed by atoms with Crippen molar-refractivity contribution in [2.24, 2.45) is 0 Å². The number of halogens is 1. The van der Waals surface area contributed by atoms with Crippen molar-refractivity contribution in [1.82, 2.24) is 0 Å². The van der Waals surface area contributed by atoms with Crippen LogP contribution in [0.15, 0.2) is 91.0 Å². The van der Waals surface area contributed by atoms with Crippen LogP contribution in [0.3, 0.4) is 0 Å². The molecular weight excluding hydrogens is 347 g/mol. The molecule has 0 bridgehead atoms. The van der Waals surface area contributed by atoms with Gasteiger partial charge in [-0.3, -0.25) is 0 Å². The first kappa shape index (κ1) is 17.4. The smallest absolute Gasteiger partial charge is 0.161 e. The average molecular weight is 369 g/mol. The standard InChI is InChI=1S/C21H22ClPSi/c1-24(22,21-15-9-4-10-16-21)18-17-23(19-11-5-2-6-12-19)20-13-7-3-8-14-20/h2-16H,17-18H2,1H3. The molecule has 0 fully saturated rings. The van der Waals surface area contributed by atoms with E-state index in [9.17, 15) is 0 Å². The first-order valence-corrected chi connectivity index (χ1v) is 13.5. The summed E-state index contributed by atoms with van der Waals surface area (Å²) < 4.78 is 0. The van der Waals surface area contributed by atoms with Crippen molar-refractivity contribution in [3.05, 3.63) is 91.0 Å². The third kappa shape index (κ3) is 4.36. The maximum Gasteiger partial charge on any atom is 0.184 e. The van der Waals surface area contributed by atoms with Crippen LogP contribution in [0, 0.1) is 0 Å². The minimum atomic E-state index is -1.92. The van der Waals surface area contributed by atoms with Crippen LogP contribution in [-0.2, 0) is 0 Å². The molecule has 0 N–H and O–H groups in total. The van der Waals surface area contributed by atoms with Gasteiger partial charge in [-0.1, -0.05) is 97.5 Å². The third-order valence-corrected chi connectivity index (χ3v) is 11.2. The van der Waals surface area contributed by atoms with Gasteiger partial charge in [0.25, 0.3) is 0 Å². The quantitative estimate of drug-likeness (QED) is 0.332. The van der Waals surface area contributed by atoms with Crippen LogP contribution in [0.5, 0.6) is 0 Å². The maximum atomic E-state index is 7.03. The molecule has 0 saturated heterocycles. The van der Waals surface area contributed by atoms with Gasteiger partial charge in [0, 0.05) is 0 Å². The van der Waals surface area contributed by atoms with Crippen molar-refractivity contribution >= 4 is 42.2 Å². The topological polar surface area (TPSA) is 0 Å². The lowest BCUT2D eigenvalue weighted by molar-refractivity contribution is 1.42. The highest BCUT2D eigenvalue weighted by Gasteiger charge is 2.28. The summed E-state index contributed by atoms with van der Waals surface area (Å²) in [6, 6.07) is 33.5. The van der Waals surface area contributed by atoms with Crippen molar-refractivity contribution in [3.8, 4) is 0 Å². The van der Waals surface area contributed by atoms with Crippen molar-refractivity contribution in [2.75, 3.05) is 6.16 Å². The number of benzene rings is 3. The minimum absolute atomic E-state index is 0.355. The first-order chi connectivity index (χ1) is 11.7. The summed E-state index contributed by atoms with van der Waals surface area (Å²) >= 11 is 7.03. The summed E-state index contributed by atoms with van der Waals surface area (Å²) in [5.74, 6) is 0. The molecule has 0 heterocycles. The Bertz CT molecular complexity index is 705. The Hall–Kier alpha value is -1.40. The van der Waals surface area contributed by atoms with Gasteiger partial charge in [0.2, 0.25) is 0 Å². The Kier molecular flexibility index (Phi) is 5.89. The second-order valence-electron chi connectivity index (χ2n) is 6.14. The molecule has 122 valence electrons. The van der Waals surface area contributed by atoms with Gasteiger partial charge in [-0.05, 0) is 35.9 Å². The molecule has 3 heteroatoms. The van der Waals surface area contributed by atoms with E-state index in [4.69, 9.17) is 11.1 Å². The lowest BCUT2D eigenvalue weighted by Gasteiger charge is -2.24. The van der Waals surface area contributed by atoms with Crippen LogP contribution in [0.1, 0.15) is 0 Å². The molecule has 3 aromatic rings. The van der Waals surface area contributed by atoms with Crippen molar-refractivity contribution in [3.63, 3.8) is 0 Å². The van der Waals surface area contributed by atoms with E-state index < -0.39 is 7.38 Å². The molecule has 0 nitrogen and oxygen atoms in total. The fourth-order valence-electron chi connectivity index (χ4n) is 2.87. The highest BCUT2D eigenvalue weighted by Crippen LogP contribution is 2.36. The largest absolute Gasteiger partial charge is 0.184 e. The van der Waals surface area contributed by atoms with E-state index in [-0.39, 0.29) is 7.92 Å². The SMILES string of the molecule is C[Si](Cl)(CCP(c1ccccc1)c1ccccc1)c1ccccc1. The average Bonchev–Trinajstić information content (AvgIpc) is 2.64. The lowest BCUT2D eigenvalue weighted by Crippen LogP contribution is -2.39. The third-order valence-electron chi connectivity index (χ3n) is 4.32. The van der Waals surface area contributed by atoms with Gasteiger partial charge in [0.15, 0.2) is 7.38 Å². The van der Waals surface area contributed by atoms with Crippen LogP contribution in [0.4, 0.5) is 0 Å². The lowest BCUT2D eigenvalue weighted by atomic mass is 10.4. The Morgan fingerprint density at radius 3 is 1.58 bits per heavy atom. The summed E-state index contributed by atoms with van der Waals surface area (Å²) in [5, 5.41) is 4.21. The molecule has 0 aliphatic heterocycles. The zero-order valence-corrected chi connectivity index (χ0v) is 16.6. The van der Waals surface area contributed by atoms with Gasteiger partial charge in [-0.25, -0.2) is 0 Å². The van der Waals surface area contributed by atoms with Crippen molar-refractivity contribution < 1.29 is 0 Å². The summed E-state index contributed by atoms with van der Waals surface area (Å²) in [5.41, 5.74) is 0. The zero-order valence-electron chi connectivity index (χ0n) is 13.9. The second-order valence-corrected chi connectivity index (χ2v) is 14.4. The van der Waals surface area contributed by atoms with Crippen LogP contribution < -0.4 is 15.8 Å². The van der Waals surface area contributed by atoms with Crippen LogP contribution in [-0.4, -0.2) is 13.5 Å². The number of rotatable bonds is 6. The summed E-state index contributed by atoms with van der Waals surface area (Å²) in [6.45, 7) is 2.27. The molecule has 24 heavy (non-hydrogen) atoms. The Morgan fingerprint density at radius 2 is 1.12 bits per heavy atom. The minimum Gasteiger partial charge on any atom is -0.161 e. The molecule has 1 unspecified atom stereocenters. The Morgan fingerprint density at radius 1 is 0.708 bits per heavy atom. The van der Waals surface area contributed by atoms with E-state index in [1.807, 2.05) is 0 Å². The Balaban J connectivity index is 1.83. The molecule has 3 rings (SSSR count). The molecule has 0 aliphatic rings. The van der Waals surface area contributed by atoms with Gasteiger partial charge in [-0.15, -0.1) is 0 Å². The van der Waals surface area contributed by atoms with E-state index in [1.165, 1.54) is 15.8 Å². The fraction of sp³-hybridized carbons (Fsp3) is 0.143. The maximum absolute atomic E-state index is 7.03. The highest BCUT2D eigenvalue weighted by molar-refractivity contribution is 7.73. The predicted octanol–water partition coefficient (Wildman–Crippen LogP) is 4.84. The predicted molar refractivity (Wildman–Crippen MR) is 112 cm³/mol. The first-order valence-electron chi connectivity index (χ1n) is 8.29. The summed E-state index contributed by atoms with van der Waals surface area (Å²) in [4.78, 5) is 0. The van der Waals surface area contributed by atoms with E-state index >= 15 is 0 Å². The van der Waals surface area contributed by atoms with E-state index in [0.29, 0.717) is 0 Å². The van der Waals surface area contributed by atoms with E-state index in [0.717, 1.165) is 12.2 Å². The number of hydrogen-bond donors (Lipinski definition) is 0. The second kappa shape index (κ2) is 8.12. The Labute approximate surface area is 152 Å². The normalized spacial score (nSPS) is 13.6. The van der Waals surface area contributed by atoms with Crippen LogP contribution >= 0.6 is 19.0 Å². The van der Waals surface area contributed by atoms with Gasteiger partial charge >= 0.3 is 0 Å². The molecule has 3 aromatic carbocycles. The molecule has 0 aromatic heterocycles. The van der Waals surface area contributed by atoms with Gasteiger partial charge < -0.3 is 0 Å². The highest BCUT2D eigenvalue weighted by atomic mass is 35.6. The summed E-state index contributed by atoms with van der Waals surface area (Å²) in [7, 11) is -2.27. The van der Waals surface area contributed by atoms with Crippen LogP contribution in [0.2, 0.25) is 12.6 Å². The number of hydrogen-bond acceptors (Lipinski definition) is 0. The molecule has 0 aliphatic carbocycles. The molecule has 0 amide bonds. The molecule has 0 spiro atoms. The van der Waals surface area contributed by atoms with E-state index in [1.54, 1.807) is 0 Å². The summed E-state index contributed by atoms with van der Waals surface area (Å²) in [6.07, 6.45) is 1.14. The molecule has 1 atom stereocenters. The fourth-order valence-corrected chi connectivity index (χ4v) is 9.64. The molecular formula is C21H22ClPSi. The molecule has 0 radical (unpaired) electrons. The van der Waals surface area contributed by atoms with Gasteiger partial charge in [0.05, 0.1) is 0 Å². The van der Waals surface area contributed by atoms with Crippen molar-refractivity contribution in [1.29, 1.82) is 0 Å². The van der Waals surface area contributed by atoms with Gasteiger partial charge in [-0.2, -0.15) is 11.1 Å². The van der Waals surface area contributed by atoms with Crippen molar-refractivity contribution in [2.45, 2.75) is 12.6 Å². The van der Waals surface area contributed by atoms with Gasteiger partial charge in [0.1, 0.15) is 0 Å².